The molecule has 0 spiro atoms. The number of hydrogen-bond donors (Lipinski definition) is 2. The van der Waals surface area contributed by atoms with Crippen molar-refractivity contribution in [1.29, 1.82) is 0 Å². The van der Waals surface area contributed by atoms with Gasteiger partial charge in [-0.15, -0.1) is 0 Å². The van der Waals surface area contributed by atoms with Gasteiger partial charge in [0.05, 0.1) is 5.75 Å². The lowest BCUT2D eigenvalue weighted by Crippen LogP contribution is -2.37. The largest absolute Gasteiger partial charge is 0.369 e. The number of benzene rings is 1. The summed E-state index contributed by atoms with van der Waals surface area (Å²) in [5, 5.41) is 0. The molecule has 0 fully saturated rings. The van der Waals surface area contributed by atoms with E-state index in [9.17, 15) is 8.42 Å². The first kappa shape index (κ1) is 13.5. The summed E-state index contributed by atoms with van der Waals surface area (Å²) in [5.41, 5.74) is 6.60. The highest BCUT2D eigenvalue weighted by Crippen LogP contribution is 1.99. The molecular weight excluding hydrogens is 238 g/mol. The van der Waals surface area contributed by atoms with E-state index in [4.69, 9.17) is 5.73 Å². The van der Waals surface area contributed by atoms with E-state index >= 15 is 0 Å². The van der Waals surface area contributed by atoms with Crippen molar-refractivity contribution in [3.63, 3.8) is 0 Å². The van der Waals surface area contributed by atoms with Gasteiger partial charge in [0.2, 0.25) is 16.0 Å². The molecule has 17 heavy (non-hydrogen) atoms. The molecule has 0 radical (unpaired) electrons. The fourth-order valence-corrected chi connectivity index (χ4v) is 1.74. The van der Waals surface area contributed by atoms with E-state index in [0.29, 0.717) is 6.54 Å². The Morgan fingerprint density at radius 2 is 2.00 bits per heavy atom. The van der Waals surface area contributed by atoms with Crippen LogP contribution in [-0.2, 0) is 16.4 Å². The zero-order chi connectivity index (χ0) is 12.7. The molecule has 0 heterocycles. The summed E-state index contributed by atoms with van der Waals surface area (Å²) in [7, 11) is -3.32. The van der Waals surface area contributed by atoms with Crippen molar-refractivity contribution < 1.29 is 8.42 Å². The number of guanidine groups is 1. The monoisotopic (exact) mass is 255 g/mol. The van der Waals surface area contributed by atoms with Crippen LogP contribution in [0.25, 0.3) is 0 Å². The maximum absolute atomic E-state index is 11.2. The number of nitrogens with one attached hydrogen (secondary N) is 1. The highest BCUT2D eigenvalue weighted by Gasteiger charge is 2.06. The summed E-state index contributed by atoms with van der Waals surface area (Å²) in [6.45, 7) is 2.00. The Balaban J connectivity index is 2.44. The van der Waals surface area contributed by atoms with Gasteiger partial charge in [-0.1, -0.05) is 30.3 Å². The van der Waals surface area contributed by atoms with Crippen LogP contribution in [0.5, 0.6) is 0 Å². The number of sulfonamides is 1. The van der Waals surface area contributed by atoms with E-state index < -0.39 is 10.0 Å². The summed E-state index contributed by atoms with van der Waals surface area (Å²) >= 11 is 0. The zero-order valence-electron chi connectivity index (χ0n) is 9.76. The molecule has 6 heteroatoms. The quantitative estimate of drug-likeness (QED) is 0.593. The van der Waals surface area contributed by atoms with Crippen LogP contribution in [0.4, 0.5) is 0 Å². The van der Waals surface area contributed by atoms with E-state index in [2.05, 4.69) is 9.71 Å². The predicted octanol–water partition coefficient (Wildman–Crippen LogP) is 0.483. The molecule has 0 aliphatic carbocycles. The maximum Gasteiger partial charge on any atom is 0.234 e. The van der Waals surface area contributed by atoms with Crippen molar-refractivity contribution in [3.05, 3.63) is 35.9 Å². The Morgan fingerprint density at radius 1 is 1.35 bits per heavy atom. The topological polar surface area (TPSA) is 84.5 Å². The van der Waals surface area contributed by atoms with Gasteiger partial charge >= 0.3 is 0 Å². The average Bonchev–Trinajstić information content (AvgIpc) is 2.30. The predicted molar refractivity (Wildman–Crippen MR) is 69.2 cm³/mol. The van der Waals surface area contributed by atoms with Crippen molar-refractivity contribution in [2.45, 2.75) is 13.3 Å². The second-order valence-electron chi connectivity index (χ2n) is 3.51. The van der Waals surface area contributed by atoms with Gasteiger partial charge in [-0.05, 0) is 18.9 Å². The summed E-state index contributed by atoms with van der Waals surface area (Å²) in [6.07, 6.45) is 0.732. The van der Waals surface area contributed by atoms with Gasteiger partial charge < -0.3 is 5.73 Å². The second kappa shape index (κ2) is 6.24. The number of nitrogens with zero attached hydrogens (tertiary/aromatic N) is 1. The van der Waals surface area contributed by atoms with Crippen LogP contribution < -0.4 is 10.5 Å². The minimum absolute atomic E-state index is 0.0120. The summed E-state index contributed by atoms with van der Waals surface area (Å²) < 4.78 is 24.5. The fourth-order valence-electron chi connectivity index (χ4n) is 1.21. The van der Waals surface area contributed by atoms with Crippen molar-refractivity contribution >= 4 is 16.0 Å². The third-order valence-corrected chi connectivity index (χ3v) is 3.45. The zero-order valence-corrected chi connectivity index (χ0v) is 10.6. The van der Waals surface area contributed by atoms with Crippen LogP contribution in [0.2, 0.25) is 0 Å². The molecule has 0 aliphatic heterocycles. The lowest BCUT2D eigenvalue weighted by Gasteiger charge is -2.04. The van der Waals surface area contributed by atoms with Crippen molar-refractivity contribution in [3.8, 4) is 0 Å². The molecule has 0 aliphatic rings. The minimum atomic E-state index is -3.32. The molecule has 1 aromatic rings. The lowest BCUT2D eigenvalue weighted by atomic mass is 10.2. The van der Waals surface area contributed by atoms with E-state index in [1.165, 1.54) is 0 Å². The van der Waals surface area contributed by atoms with Gasteiger partial charge in [0.15, 0.2) is 0 Å². The van der Waals surface area contributed by atoms with Crippen LogP contribution in [0, 0.1) is 0 Å². The minimum Gasteiger partial charge on any atom is -0.369 e. The molecule has 3 N–H and O–H groups in total. The van der Waals surface area contributed by atoms with Gasteiger partial charge in [0.1, 0.15) is 0 Å². The molecule has 0 bridgehead atoms. The Morgan fingerprint density at radius 3 is 2.59 bits per heavy atom. The first-order valence-electron chi connectivity index (χ1n) is 5.38. The number of nitrogens with two attached hydrogens (primary N) is 1. The molecule has 1 aromatic carbocycles. The van der Waals surface area contributed by atoms with Crippen LogP contribution in [0.15, 0.2) is 35.3 Å². The first-order chi connectivity index (χ1) is 8.03. The van der Waals surface area contributed by atoms with Gasteiger partial charge in [0, 0.05) is 6.54 Å². The van der Waals surface area contributed by atoms with Crippen LogP contribution >= 0.6 is 0 Å². The van der Waals surface area contributed by atoms with Crippen LogP contribution in [0.1, 0.15) is 12.5 Å². The molecule has 1 rings (SSSR count). The Labute approximate surface area is 102 Å². The molecule has 94 valence electrons. The van der Waals surface area contributed by atoms with E-state index in [0.717, 1.165) is 12.0 Å². The standard InChI is InChI=1S/C11H17N3O2S/c1-2-17(15,16)14-11(12)13-9-8-10-6-4-3-5-7-10/h3-7H,2,8-9H2,1H3,(H3,12,13,14). The first-order valence-corrected chi connectivity index (χ1v) is 7.03. The summed E-state index contributed by atoms with van der Waals surface area (Å²) in [4.78, 5) is 3.96. The summed E-state index contributed by atoms with van der Waals surface area (Å²) in [5.74, 6) is -0.0650. The number of hydrogen-bond acceptors (Lipinski definition) is 3. The van der Waals surface area contributed by atoms with Gasteiger partial charge in [0.25, 0.3) is 0 Å². The Kier molecular flexibility index (Phi) is 4.96. The lowest BCUT2D eigenvalue weighted by molar-refractivity contribution is 0.593. The van der Waals surface area contributed by atoms with E-state index in [1.54, 1.807) is 6.92 Å². The van der Waals surface area contributed by atoms with Crippen LogP contribution in [-0.4, -0.2) is 26.7 Å². The Bertz CT molecular complexity index is 469. The summed E-state index contributed by atoms with van der Waals surface area (Å²) in [6, 6.07) is 9.81. The maximum atomic E-state index is 11.2. The highest BCUT2D eigenvalue weighted by atomic mass is 32.2. The molecule has 5 nitrogen and oxygen atoms in total. The average molecular weight is 255 g/mol. The smallest absolute Gasteiger partial charge is 0.234 e. The second-order valence-corrected chi connectivity index (χ2v) is 5.52. The molecule has 0 atom stereocenters. The van der Waals surface area contributed by atoms with Crippen molar-refractivity contribution in [1.82, 2.24) is 4.72 Å². The van der Waals surface area contributed by atoms with Gasteiger partial charge in [-0.3, -0.25) is 9.71 Å². The Hall–Kier alpha value is -1.56. The third kappa shape index (κ3) is 5.35. The van der Waals surface area contributed by atoms with Gasteiger partial charge in [-0.25, -0.2) is 8.42 Å². The molecule has 0 amide bonds. The van der Waals surface area contributed by atoms with E-state index in [-0.39, 0.29) is 11.7 Å². The van der Waals surface area contributed by atoms with E-state index in [1.807, 2.05) is 30.3 Å². The van der Waals surface area contributed by atoms with Crippen molar-refractivity contribution in [2.75, 3.05) is 12.3 Å². The molecule has 0 saturated carbocycles. The number of rotatable bonds is 5. The molecular formula is C11H17N3O2S. The SMILES string of the molecule is CCS(=O)(=O)NC(N)=NCCc1ccccc1. The van der Waals surface area contributed by atoms with Gasteiger partial charge in [-0.2, -0.15) is 0 Å². The third-order valence-electron chi connectivity index (χ3n) is 2.17. The molecule has 0 unspecified atom stereocenters. The molecule has 0 saturated heterocycles. The van der Waals surface area contributed by atoms with Crippen LogP contribution in [0.3, 0.4) is 0 Å². The van der Waals surface area contributed by atoms with Crippen molar-refractivity contribution in [2.24, 2.45) is 10.7 Å². The fraction of sp³-hybridized carbons (Fsp3) is 0.364. The number of aliphatic imine (C=N–C) groups is 1. The normalized spacial score (nSPS) is 12.4. The molecule has 0 aromatic heterocycles. The highest BCUT2D eigenvalue weighted by molar-refractivity contribution is 7.90.